The molecule has 17 heavy (non-hydrogen) atoms. The lowest BCUT2D eigenvalue weighted by Crippen LogP contribution is -2.32. The Hall–Kier alpha value is -1.22. The number of nitrogens with two attached hydrogens (primary N) is 1. The Morgan fingerprint density at radius 3 is 1.94 bits per heavy atom. The van der Waals surface area contributed by atoms with Crippen LogP contribution in [0.4, 0.5) is 0 Å². The average molecular weight is 237 g/mol. The standard InChI is InChI=1S/C14H23NO2/c1-10-8-12(16-4)11(13(9-10)17-5)6-7-14(2,3)15/h8-9H,6-7,15H2,1-5H3. The van der Waals surface area contributed by atoms with Gasteiger partial charge in [-0.05, 0) is 51.3 Å². The van der Waals surface area contributed by atoms with E-state index >= 15 is 0 Å². The number of rotatable bonds is 5. The molecule has 1 aromatic carbocycles. The molecule has 96 valence electrons. The van der Waals surface area contributed by atoms with Crippen molar-refractivity contribution < 1.29 is 9.47 Å². The maximum atomic E-state index is 6.01. The van der Waals surface area contributed by atoms with Crippen molar-refractivity contribution in [3.8, 4) is 11.5 Å². The zero-order valence-corrected chi connectivity index (χ0v) is 11.5. The maximum Gasteiger partial charge on any atom is 0.126 e. The van der Waals surface area contributed by atoms with Gasteiger partial charge in [-0.2, -0.15) is 0 Å². The van der Waals surface area contributed by atoms with E-state index in [2.05, 4.69) is 0 Å². The highest BCUT2D eigenvalue weighted by Crippen LogP contribution is 2.32. The minimum atomic E-state index is -0.180. The Balaban J connectivity index is 3.03. The number of hydrogen-bond acceptors (Lipinski definition) is 3. The van der Waals surface area contributed by atoms with Gasteiger partial charge < -0.3 is 15.2 Å². The molecular weight excluding hydrogens is 214 g/mol. The van der Waals surface area contributed by atoms with Crippen LogP contribution < -0.4 is 15.2 Å². The van der Waals surface area contributed by atoms with Gasteiger partial charge in [-0.1, -0.05) is 0 Å². The number of methoxy groups -OCH3 is 2. The summed E-state index contributed by atoms with van der Waals surface area (Å²) in [6.45, 7) is 6.09. The van der Waals surface area contributed by atoms with Gasteiger partial charge in [0.15, 0.2) is 0 Å². The first-order valence-electron chi connectivity index (χ1n) is 5.88. The van der Waals surface area contributed by atoms with Crippen molar-refractivity contribution in [2.45, 2.75) is 39.2 Å². The Morgan fingerprint density at radius 1 is 1.12 bits per heavy atom. The lowest BCUT2D eigenvalue weighted by Gasteiger charge is -2.20. The highest BCUT2D eigenvalue weighted by molar-refractivity contribution is 5.48. The van der Waals surface area contributed by atoms with Crippen LogP contribution in [0.2, 0.25) is 0 Å². The lowest BCUT2D eigenvalue weighted by atomic mass is 9.95. The van der Waals surface area contributed by atoms with Crippen LogP contribution in [-0.4, -0.2) is 19.8 Å². The molecule has 0 aliphatic carbocycles. The summed E-state index contributed by atoms with van der Waals surface area (Å²) in [4.78, 5) is 0. The van der Waals surface area contributed by atoms with Gasteiger partial charge in [0.25, 0.3) is 0 Å². The highest BCUT2D eigenvalue weighted by Gasteiger charge is 2.16. The molecule has 0 amide bonds. The fourth-order valence-electron chi connectivity index (χ4n) is 1.81. The van der Waals surface area contributed by atoms with Crippen LogP contribution in [0.3, 0.4) is 0 Å². The van der Waals surface area contributed by atoms with E-state index in [4.69, 9.17) is 15.2 Å². The van der Waals surface area contributed by atoms with Crippen molar-refractivity contribution in [3.05, 3.63) is 23.3 Å². The van der Waals surface area contributed by atoms with Gasteiger partial charge in [0.05, 0.1) is 14.2 Å². The molecule has 1 rings (SSSR count). The molecule has 0 heterocycles. The zero-order chi connectivity index (χ0) is 13.1. The zero-order valence-electron chi connectivity index (χ0n) is 11.5. The topological polar surface area (TPSA) is 44.5 Å². The van der Waals surface area contributed by atoms with Crippen LogP contribution in [0.1, 0.15) is 31.4 Å². The Bertz CT molecular complexity index is 355. The molecule has 0 bridgehead atoms. The normalized spacial score (nSPS) is 11.4. The number of aryl methyl sites for hydroxylation is 1. The third-order valence-electron chi connectivity index (χ3n) is 2.77. The smallest absolute Gasteiger partial charge is 0.126 e. The van der Waals surface area contributed by atoms with Crippen molar-refractivity contribution in [2.75, 3.05) is 14.2 Å². The van der Waals surface area contributed by atoms with E-state index in [1.807, 2.05) is 32.9 Å². The number of hydrogen-bond donors (Lipinski definition) is 1. The second-order valence-corrected chi connectivity index (χ2v) is 5.14. The third kappa shape index (κ3) is 3.93. The molecule has 0 atom stereocenters. The van der Waals surface area contributed by atoms with Crippen molar-refractivity contribution >= 4 is 0 Å². The Morgan fingerprint density at radius 2 is 1.59 bits per heavy atom. The van der Waals surface area contributed by atoms with Crippen molar-refractivity contribution in [3.63, 3.8) is 0 Å². The molecule has 2 N–H and O–H groups in total. The minimum absolute atomic E-state index is 0.180. The molecule has 0 aliphatic heterocycles. The molecule has 0 radical (unpaired) electrons. The second-order valence-electron chi connectivity index (χ2n) is 5.14. The third-order valence-corrected chi connectivity index (χ3v) is 2.77. The predicted octanol–water partition coefficient (Wildman–Crippen LogP) is 2.68. The van der Waals surface area contributed by atoms with Gasteiger partial charge in [-0.3, -0.25) is 0 Å². The van der Waals surface area contributed by atoms with E-state index in [1.54, 1.807) is 14.2 Å². The monoisotopic (exact) mass is 237 g/mol. The minimum Gasteiger partial charge on any atom is -0.496 e. The Labute approximate surface area is 104 Å². The summed E-state index contributed by atoms with van der Waals surface area (Å²) in [5.74, 6) is 1.76. The summed E-state index contributed by atoms with van der Waals surface area (Å²) >= 11 is 0. The molecule has 0 fully saturated rings. The van der Waals surface area contributed by atoms with Crippen LogP contribution in [0.25, 0.3) is 0 Å². The molecule has 1 aromatic rings. The Kier molecular flexibility index (Phi) is 4.40. The summed E-state index contributed by atoms with van der Waals surface area (Å²) in [5, 5.41) is 0. The quantitative estimate of drug-likeness (QED) is 0.856. The van der Waals surface area contributed by atoms with Gasteiger partial charge in [-0.15, -0.1) is 0 Å². The van der Waals surface area contributed by atoms with Gasteiger partial charge in [0.2, 0.25) is 0 Å². The molecular formula is C14H23NO2. The summed E-state index contributed by atoms with van der Waals surface area (Å²) in [7, 11) is 3.37. The van der Waals surface area contributed by atoms with Crippen molar-refractivity contribution in [1.29, 1.82) is 0 Å². The number of ether oxygens (including phenoxy) is 2. The molecule has 0 saturated heterocycles. The first kappa shape index (κ1) is 13.8. The van der Waals surface area contributed by atoms with Gasteiger partial charge in [0, 0.05) is 11.1 Å². The molecule has 3 nitrogen and oxygen atoms in total. The van der Waals surface area contributed by atoms with E-state index < -0.39 is 0 Å². The lowest BCUT2D eigenvalue weighted by molar-refractivity contribution is 0.378. The summed E-state index contributed by atoms with van der Waals surface area (Å²) < 4.78 is 10.8. The second kappa shape index (κ2) is 5.41. The van der Waals surface area contributed by atoms with E-state index in [1.165, 1.54) is 0 Å². The van der Waals surface area contributed by atoms with Crippen LogP contribution in [0.5, 0.6) is 11.5 Å². The van der Waals surface area contributed by atoms with E-state index in [9.17, 15) is 0 Å². The van der Waals surface area contributed by atoms with Gasteiger partial charge in [0.1, 0.15) is 11.5 Å². The van der Waals surface area contributed by atoms with Gasteiger partial charge in [-0.25, -0.2) is 0 Å². The number of benzene rings is 1. The van der Waals surface area contributed by atoms with Crippen LogP contribution in [-0.2, 0) is 6.42 Å². The largest absolute Gasteiger partial charge is 0.496 e. The highest BCUT2D eigenvalue weighted by atomic mass is 16.5. The van der Waals surface area contributed by atoms with Crippen molar-refractivity contribution in [2.24, 2.45) is 5.73 Å². The van der Waals surface area contributed by atoms with E-state index in [-0.39, 0.29) is 5.54 Å². The first-order chi connectivity index (χ1) is 7.87. The van der Waals surface area contributed by atoms with Crippen LogP contribution >= 0.6 is 0 Å². The summed E-state index contributed by atoms with van der Waals surface area (Å²) in [5.41, 5.74) is 8.07. The molecule has 0 aliphatic rings. The molecule has 0 spiro atoms. The predicted molar refractivity (Wildman–Crippen MR) is 70.9 cm³/mol. The average Bonchev–Trinajstić information content (AvgIpc) is 2.24. The molecule has 0 saturated carbocycles. The van der Waals surface area contributed by atoms with Gasteiger partial charge >= 0.3 is 0 Å². The summed E-state index contributed by atoms with van der Waals surface area (Å²) in [6, 6.07) is 4.06. The molecule has 3 heteroatoms. The van der Waals surface area contributed by atoms with E-state index in [0.29, 0.717) is 0 Å². The van der Waals surface area contributed by atoms with Crippen LogP contribution in [0.15, 0.2) is 12.1 Å². The first-order valence-corrected chi connectivity index (χ1v) is 5.88. The fraction of sp³-hybridized carbons (Fsp3) is 0.571. The van der Waals surface area contributed by atoms with Crippen LogP contribution in [0, 0.1) is 6.92 Å². The van der Waals surface area contributed by atoms with E-state index in [0.717, 1.165) is 35.5 Å². The molecule has 0 unspecified atom stereocenters. The molecule has 0 aromatic heterocycles. The fourth-order valence-corrected chi connectivity index (χ4v) is 1.81. The SMILES string of the molecule is COc1cc(C)cc(OC)c1CCC(C)(C)N. The van der Waals surface area contributed by atoms with Crippen molar-refractivity contribution in [1.82, 2.24) is 0 Å². The summed E-state index contributed by atoms with van der Waals surface area (Å²) in [6.07, 6.45) is 1.75. The maximum absolute atomic E-state index is 6.01.